The second-order valence-electron chi connectivity index (χ2n) is 9.12. The van der Waals surface area contributed by atoms with E-state index >= 15 is 0 Å². The highest BCUT2D eigenvalue weighted by Crippen LogP contribution is 2.31. The minimum absolute atomic E-state index is 0.0896. The molecule has 2 N–H and O–H groups in total. The van der Waals surface area contributed by atoms with Crippen LogP contribution in [0.4, 0.5) is 14.6 Å². The predicted octanol–water partition coefficient (Wildman–Crippen LogP) is 4.52. The zero-order valence-corrected chi connectivity index (χ0v) is 22.5. The van der Waals surface area contributed by atoms with Gasteiger partial charge in [-0.25, -0.2) is 23.7 Å². The lowest BCUT2D eigenvalue weighted by molar-refractivity contribution is 0.146. The number of hydrogen-bond acceptors (Lipinski definition) is 9. The van der Waals surface area contributed by atoms with Gasteiger partial charge in [-0.3, -0.25) is 4.68 Å². The number of hydrogen-bond donors (Lipinski definition) is 2. The van der Waals surface area contributed by atoms with Crippen molar-refractivity contribution in [1.29, 1.82) is 0 Å². The number of aliphatic imine (C=N–C) groups is 1. The Labute approximate surface area is 229 Å². The number of allylic oxidation sites excluding steroid dienone is 1. The molecule has 0 spiro atoms. The maximum Gasteiger partial charge on any atom is 0.182 e. The number of nitrogens with zero attached hydrogens (tertiary/aromatic N) is 5. The molecule has 2 aromatic carbocycles. The number of rotatable bonds is 10. The second-order valence-corrected chi connectivity index (χ2v) is 9.12. The van der Waals surface area contributed by atoms with Crippen LogP contribution in [0.2, 0.25) is 0 Å². The Hall–Kier alpha value is -4.58. The molecule has 3 heterocycles. The summed E-state index contributed by atoms with van der Waals surface area (Å²) in [5.74, 6) is 0.568. The molecule has 0 radical (unpaired) electrons. The van der Waals surface area contributed by atoms with Crippen LogP contribution in [0.1, 0.15) is 19.4 Å². The van der Waals surface area contributed by atoms with Crippen molar-refractivity contribution in [3.8, 4) is 23.0 Å². The van der Waals surface area contributed by atoms with Crippen molar-refractivity contribution in [2.24, 2.45) is 4.99 Å². The summed E-state index contributed by atoms with van der Waals surface area (Å²) in [5, 5.41) is 11.8. The summed E-state index contributed by atoms with van der Waals surface area (Å²) in [6.45, 7) is 4.16. The first-order valence-corrected chi connectivity index (χ1v) is 12.6. The number of amidine groups is 1. The lowest BCUT2D eigenvalue weighted by Crippen LogP contribution is -2.30. The van der Waals surface area contributed by atoms with Gasteiger partial charge in [-0.15, -0.1) is 0 Å². The Morgan fingerprint density at radius 3 is 2.58 bits per heavy atom. The van der Waals surface area contributed by atoms with Gasteiger partial charge in [0.05, 0.1) is 32.0 Å². The summed E-state index contributed by atoms with van der Waals surface area (Å²) >= 11 is 0. The van der Waals surface area contributed by atoms with Crippen molar-refractivity contribution < 1.29 is 23.0 Å². The number of para-hydroxylation sites is 1. The average Bonchev–Trinajstić information content (AvgIpc) is 3.29. The minimum Gasteiger partial charge on any atom is -0.491 e. The van der Waals surface area contributed by atoms with Gasteiger partial charge in [0.2, 0.25) is 0 Å². The molecule has 12 heteroatoms. The highest BCUT2D eigenvalue weighted by molar-refractivity contribution is 5.92. The van der Waals surface area contributed by atoms with Gasteiger partial charge in [-0.1, -0.05) is 18.2 Å². The van der Waals surface area contributed by atoms with Gasteiger partial charge in [0.1, 0.15) is 41.7 Å². The molecule has 0 saturated heterocycles. The van der Waals surface area contributed by atoms with Crippen LogP contribution in [0.5, 0.6) is 11.5 Å². The van der Waals surface area contributed by atoms with Crippen LogP contribution in [0.25, 0.3) is 22.4 Å². The molecule has 4 aromatic rings. The molecule has 0 saturated carbocycles. The van der Waals surface area contributed by atoms with E-state index in [2.05, 4.69) is 25.7 Å². The first kappa shape index (κ1) is 27.0. The smallest absolute Gasteiger partial charge is 0.182 e. The Morgan fingerprint density at radius 1 is 1.07 bits per heavy atom. The van der Waals surface area contributed by atoms with Crippen LogP contribution in [0, 0.1) is 11.6 Å². The molecule has 2 aromatic heterocycles. The quantitative estimate of drug-likeness (QED) is 0.278. The van der Waals surface area contributed by atoms with E-state index in [4.69, 9.17) is 19.2 Å². The molecule has 0 aliphatic carbocycles. The molecule has 0 amide bonds. The van der Waals surface area contributed by atoms with Crippen LogP contribution in [0.3, 0.4) is 0 Å². The predicted molar refractivity (Wildman–Crippen MR) is 148 cm³/mol. The van der Waals surface area contributed by atoms with Gasteiger partial charge in [0, 0.05) is 35.9 Å². The number of halogens is 2. The van der Waals surface area contributed by atoms with Gasteiger partial charge in [0.15, 0.2) is 17.4 Å². The monoisotopic (exact) mass is 549 g/mol. The zero-order valence-electron chi connectivity index (χ0n) is 22.5. The number of ether oxygens (including phenoxy) is 3. The summed E-state index contributed by atoms with van der Waals surface area (Å²) in [6.07, 6.45) is 3.11. The molecule has 0 bridgehead atoms. The van der Waals surface area contributed by atoms with Crippen molar-refractivity contribution in [2.75, 3.05) is 32.8 Å². The van der Waals surface area contributed by atoms with Crippen molar-refractivity contribution in [3.05, 3.63) is 71.6 Å². The first-order chi connectivity index (χ1) is 19.4. The standard InChI is InChI=1S/C28H29F2N7O3/c1-16-11-25(33-17(2)32-16)34-27-24(39-4)14-31-28(35-27)26-19-7-5-6-8-23(19)37(36-26)15-20-21(29)12-18(13-22(20)30)40-10-9-38-3/h5-8,11-14,25H,9-10,15H2,1-4H3,(H,32,33)(H,31,34,35). The average molecular weight is 550 g/mol. The van der Waals surface area contributed by atoms with E-state index in [9.17, 15) is 8.78 Å². The Kier molecular flexibility index (Phi) is 7.87. The number of nitrogens with one attached hydrogen (secondary N) is 2. The Bertz CT molecular complexity index is 1560. The topological polar surface area (TPSA) is 108 Å². The van der Waals surface area contributed by atoms with E-state index in [1.54, 1.807) is 6.20 Å². The van der Waals surface area contributed by atoms with E-state index in [1.807, 2.05) is 44.2 Å². The number of anilines is 1. The van der Waals surface area contributed by atoms with E-state index in [-0.39, 0.29) is 30.6 Å². The summed E-state index contributed by atoms with van der Waals surface area (Å²) in [6, 6.07) is 9.69. The van der Waals surface area contributed by atoms with Gasteiger partial charge in [-0.2, -0.15) is 5.10 Å². The number of benzene rings is 2. The van der Waals surface area contributed by atoms with Crippen LogP contribution in [-0.4, -0.2) is 59.2 Å². The molecule has 40 heavy (non-hydrogen) atoms. The van der Waals surface area contributed by atoms with Gasteiger partial charge in [-0.05, 0) is 26.0 Å². The van der Waals surface area contributed by atoms with Crippen molar-refractivity contribution in [2.45, 2.75) is 26.6 Å². The van der Waals surface area contributed by atoms with Crippen LogP contribution in [0.15, 0.2) is 59.4 Å². The second kappa shape index (κ2) is 11.7. The normalized spacial score (nSPS) is 14.9. The lowest BCUT2D eigenvalue weighted by Gasteiger charge is -2.20. The summed E-state index contributed by atoms with van der Waals surface area (Å²) in [7, 11) is 3.05. The van der Waals surface area contributed by atoms with Crippen LogP contribution < -0.4 is 20.1 Å². The molecular formula is C28H29F2N7O3. The van der Waals surface area contributed by atoms with Gasteiger partial charge < -0.3 is 24.8 Å². The molecule has 0 fully saturated rings. The zero-order chi connectivity index (χ0) is 28.2. The molecule has 1 atom stereocenters. The fraction of sp³-hybridized carbons (Fsp3) is 0.286. The Morgan fingerprint density at radius 2 is 1.85 bits per heavy atom. The molecular weight excluding hydrogens is 520 g/mol. The van der Waals surface area contributed by atoms with Crippen molar-refractivity contribution in [1.82, 2.24) is 25.1 Å². The highest BCUT2D eigenvalue weighted by atomic mass is 19.1. The molecule has 5 rings (SSSR count). The number of fused-ring (bicyclic) bond motifs is 1. The largest absolute Gasteiger partial charge is 0.491 e. The maximum absolute atomic E-state index is 15.0. The number of methoxy groups -OCH3 is 2. The van der Waals surface area contributed by atoms with Crippen molar-refractivity contribution >= 4 is 22.6 Å². The van der Waals surface area contributed by atoms with Gasteiger partial charge >= 0.3 is 0 Å². The SMILES string of the molecule is COCCOc1cc(F)c(Cn2nc(-c3ncc(OC)c(NC4C=C(C)NC(C)=N4)n3)c3ccccc32)c(F)c1. The fourth-order valence-corrected chi connectivity index (χ4v) is 4.41. The van der Waals surface area contributed by atoms with E-state index in [0.29, 0.717) is 35.2 Å². The molecule has 10 nitrogen and oxygen atoms in total. The lowest BCUT2D eigenvalue weighted by atomic mass is 10.1. The summed E-state index contributed by atoms with van der Waals surface area (Å²) < 4.78 is 47.3. The molecule has 1 aliphatic heterocycles. The van der Waals surface area contributed by atoms with Crippen LogP contribution >= 0.6 is 0 Å². The van der Waals surface area contributed by atoms with Gasteiger partial charge in [0.25, 0.3) is 0 Å². The summed E-state index contributed by atoms with van der Waals surface area (Å²) in [4.78, 5) is 13.7. The van der Waals surface area contributed by atoms with E-state index in [0.717, 1.165) is 29.1 Å². The third-order valence-electron chi connectivity index (χ3n) is 6.23. The third-order valence-corrected chi connectivity index (χ3v) is 6.23. The molecule has 1 unspecified atom stereocenters. The highest BCUT2D eigenvalue weighted by Gasteiger charge is 2.21. The van der Waals surface area contributed by atoms with Crippen molar-refractivity contribution in [3.63, 3.8) is 0 Å². The summed E-state index contributed by atoms with van der Waals surface area (Å²) in [5.41, 5.74) is 1.94. The maximum atomic E-state index is 15.0. The van der Waals surface area contributed by atoms with Crippen LogP contribution in [-0.2, 0) is 11.3 Å². The van der Waals surface area contributed by atoms with E-state index in [1.165, 1.54) is 18.9 Å². The first-order valence-electron chi connectivity index (χ1n) is 12.6. The fourth-order valence-electron chi connectivity index (χ4n) is 4.41. The molecule has 208 valence electrons. The Balaban J connectivity index is 1.49. The van der Waals surface area contributed by atoms with E-state index < -0.39 is 11.6 Å². The minimum atomic E-state index is -0.734. The third kappa shape index (κ3) is 5.71. The molecule has 1 aliphatic rings. The number of aromatic nitrogens is 4.